The monoisotopic (exact) mass is 317 g/mol. The van der Waals surface area contributed by atoms with Crippen molar-refractivity contribution in [3.05, 3.63) is 64.7 Å². The van der Waals surface area contributed by atoms with E-state index in [4.69, 9.17) is 11.6 Å². The molecule has 1 amide bonds. The van der Waals surface area contributed by atoms with Gasteiger partial charge in [-0.05, 0) is 35.7 Å². The number of hydrogen-bond donors (Lipinski definition) is 1. The molecule has 0 bridgehead atoms. The highest BCUT2D eigenvalue weighted by atomic mass is 35.5. The second-order valence-corrected chi connectivity index (χ2v) is 6.67. The molecule has 108 valence electrons. The van der Waals surface area contributed by atoms with E-state index in [1.807, 2.05) is 60.3 Å². The van der Waals surface area contributed by atoms with Crippen molar-refractivity contribution in [2.75, 3.05) is 5.75 Å². The van der Waals surface area contributed by atoms with Crippen LogP contribution in [0.25, 0.3) is 0 Å². The average Bonchev–Trinajstić information content (AvgIpc) is 2.49. The van der Waals surface area contributed by atoms with E-state index in [1.54, 1.807) is 0 Å². The standard InChI is InChI=1S/C17H16ClNOS/c18-13-6-7-16-14(11-13)15(8-9-21-16)19-17(20)10-12-4-2-1-3-5-12/h1-7,11,15H,8-10H2,(H,19,20). The van der Waals surface area contributed by atoms with E-state index in [0.29, 0.717) is 6.42 Å². The molecule has 2 aromatic rings. The van der Waals surface area contributed by atoms with Crippen LogP contribution >= 0.6 is 23.4 Å². The van der Waals surface area contributed by atoms with Crippen LogP contribution in [0.2, 0.25) is 5.02 Å². The first kappa shape index (κ1) is 14.5. The fraction of sp³-hybridized carbons (Fsp3) is 0.235. The van der Waals surface area contributed by atoms with Gasteiger partial charge < -0.3 is 5.32 Å². The maximum absolute atomic E-state index is 12.2. The predicted molar refractivity (Wildman–Crippen MR) is 87.8 cm³/mol. The van der Waals surface area contributed by atoms with Crippen molar-refractivity contribution in [1.82, 2.24) is 5.32 Å². The fourth-order valence-electron chi connectivity index (χ4n) is 2.54. The van der Waals surface area contributed by atoms with E-state index >= 15 is 0 Å². The molecule has 1 aliphatic heterocycles. The zero-order valence-corrected chi connectivity index (χ0v) is 13.1. The molecular formula is C17H16ClNOS. The van der Waals surface area contributed by atoms with E-state index in [-0.39, 0.29) is 11.9 Å². The molecule has 0 saturated heterocycles. The Kier molecular flexibility index (Phi) is 4.51. The van der Waals surface area contributed by atoms with Crippen molar-refractivity contribution in [3.63, 3.8) is 0 Å². The first-order valence-electron chi connectivity index (χ1n) is 6.98. The lowest BCUT2D eigenvalue weighted by molar-refractivity contribution is -0.121. The number of hydrogen-bond acceptors (Lipinski definition) is 2. The maximum Gasteiger partial charge on any atom is 0.224 e. The van der Waals surface area contributed by atoms with Crippen LogP contribution in [0.1, 0.15) is 23.6 Å². The van der Waals surface area contributed by atoms with Crippen LogP contribution in [-0.4, -0.2) is 11.7 Å². The van der Waals surface area contributed by atoms with Crippen molar-refractivity contribution >= 4 is 29.3 Å². The minimum atomic E-state index is 0.0593. The van der Waals surface area contributed by atoms with Gasteiger partial charge in [-0.1, -0.05) is 41.9 Å². The van der Waals surface area contributed by atoms with E-state index in [2.05, 4.69) is 5.32 Å². The topological polar surface area (TPSA) is 29.1 Å². The summed E-state index contributed by atoms with van der Waals surface area (Å²) < 4.78 is 0. The summed E-state index contributed by atoms with van der Waals surface area (Å²) in [5.74, 6) is 1.08. The quantitative estimate of drug-likeness (QED) is 0.917. The molecule has 1 heterocycles. The molecule has 0 aromatic heterocycles. The number of thioether (sulfide) groups is 1. The lowest BCUT2D eigenvalue weighted by atomic mass is 10.0. The van der Waals surface area contributed by atoms with Gasteiger partial charge in [-0.2, -0.15) is 0 Å². The lowest BCUT2D eigenvalue weighted by Crippen LogP contribution is -2.31. The second-order valence-electron chi connectivity index (χ2n) is 5.10. The van der Waals surface area contributed by atoms with Crippen molar-refractivity contribution in [1.29, 1.82) is 0 Å². The molecule has 1 atom stereocenters. The molecule has 2 nitrogen and oxygen atoms in total. The summed E-state index contributed by atoms with van der Waals surface area (Å²) in [4.78, 5) is 13.4. The van der Waals surface area contributed by atoms with Crippen LogP contribution < -0.4 is 5.32 Å². The summed E-state index contributed by atoms with van der Waals surface area (Å²) in [6.07, 6.45) is 1.36. The number of nitrogens with one attached hydrogen (secondary N) is 1. The molecule has 1 N–H and O–H groups in total. The van der Waals surface area contributed by atoms with Crippen molar-refractivity contribution in [3.8, 4) is 0 Å². The average molecular weight is 318 g/mol. The number of carbonyl (C=O) groups excluding carboxylic acids is 1. The Bertz CT molecular complexity index is 644. The van der Waals surface area contributed by atoms with Crippen LogP contribution in [0.3, 0.4) is 0 Å². The minimum absolute atomic E-state index is 0.0593. The first-order valence-corrected chi connectivity index (χ1v) is 8.34. The number of fused-ring (bicyclic) bond motifs is 1. The molecule has 0 fully saturated rings. The van der Waals surface area contributed by atoms with Gasteiger partial charge in [-0.3, -0.25) is 4.79 Å². The van der Waals surface area contributed by atoms with Gasteiger partial charge in [0.2, 0.25) is 5.91 Å². The highest BCUT2D eigenvalue weighted by Gasteiger charge is 2.22. The molecule has 0 radical (unpaired) electrons. The zero-order chi connectivity index (χ0) is 14.7. The largest absolute Gasteiger partial charge is 0.349 e. The van der Waals surface area contributed by atoms with Crippen LogP contribution in [-0.2, 0) is 11.2 Å². The molecule has 4 heteroatoms. The van der Waals surface area contributed by atoms with E-state index < -0.39 is 0 Å². The second kappa shape index (κ2) is 6.54. The van der Waals surface area contributed by atoms with Gasteiger partial charge in [-0.15, -0.1) is 11.8 Å². The third-order valence-corrected chi connectivity index (χ3v) is 4.91. The van der Waals surface area contributed by atoms with Gasteiger partial charge in [0.05, 0.1) is 12.5 Å². The molecule has 21 heavy (non-hydrogen) atoms. The molecule has 2 aromatic carbocycles. The van der Waals surface area contributed by atoms with Crippen molar-refractivity contribution in [2.24, 2.45) is 0 Å². The summed E-state index contributed by atoms with van der Waals surface area (Å²) in [5, 5.41) is 3.86. The highest BCUT2D eigenvalue weighted by Crippen LogP contribution is 2.37. The summed E-state index contributed by atoms with van der Waals surface area (Å²) in [5.41, 5.74) is 2.17. The van der Waals surface area contributed by atoms with Gasteiger partial charge in [0.15, 0.2) is 0 Å². The minimum Gasteiger partial charge on any atom is -0.349 e. The fourth-order valence-corrected chi connectivity index (χ4v) is 3.83. The lowest BCUT2D eigenvalue weighted by Gasteiger charge is -2.26. The number of halogens is 1. The van der Waals surface area contributed by atoms with E-state index in [0.717, 1.165) is 28.3 Å². The Morgan fingerprint density at radius 3 is 2.86 bits per heavy atom. The van der Waals surface area contributed by atoms with E-state index in [1.165, 1.54) is 4.90 Å². The summed E-state index contributed by atoms with van der Waals surface area (Å²) in [7, 11) is 0. The Morgan fingerprint density at radius 2 is 2.05 bits per heavy atom. The Balaban J connectivity index is 1.71. The summed E-state index contributed by atoms with van der Waals surface area (Å²) in [6, 6.07) is 15.8. The third kappa shape index (κ3) is 3.60. The first-order chi connectivity index (χ1) is 10.2. The van der Waals surface area contributed by atoms with Crippen LogP contribution in [0.4, 0.5) is 0 Å². The molecule has 1 unspecified atom stereocenters. The van der Waals surface area contributed by atoms with E-state index in [9.17, 15) is 4.79 Å². The highest BCUT2D eigenvalue weighted by molar-refractivity contribution is 7.99. The number of carbonyl (C=O) groups is 1. The summed E-state index contributed by atoms with van der Waals surface area (Å²) >= 11 is 7.91. The number of amides is 1. The SMILES string of the molecule is O=C(Cc1ccccc1)NC1CCSc2ccc(Cl)cc21. The Morgan fingerprint density at radius 1 is 1.24 bits per heavy atom. The maximum atomic E-state index is 12.2. The molecule has 0 saturated carbocycles. The van der Waals surface area contributed by atoms with Crippen LogP contribution in [0, 0.1) is 0 Å². The third-order valence-electron chi connectivity index (χ3n) is 3.55. The molecule has 0 spiro atoms. The van der Waals surface area contributed by atoms with Gasteiger partial charge in [0.1, 0.15) is 0 Å². The molecule has 3 rings (SSSR count). The van der Waals surface area contributed by atoms with Gasteiger partial charge in [0, 0.05) is 15.7 Å². The molecule has 0 aliphatic carbocycles. The van der Waals surface area contributed by atoms with Crippen LogP contribution in [0.5, 0.6) is 0 Å². The van der Waals surface area contributed by atoms with Gasteiger partial charge in [0.25, 0.3) is 0 Å². The molecular weight excluding hydrogens is 302 g/mol. The number of rotatable bonds is 3. The van der Waals surface area contributed by atoms with Crippen LogP contribution in [0.15, 0.2) is 53.4 Å². The summed E-state index contributed by atoms with van der Waals surface area (Å²) in [6.45, 7) is 0. The number of benzene rings is 2. The van der Waals surface area contributed by atoms with Crippen molar-refractivity contribution in [2.45, 2.75) is 23.8 Å². The van der Waals surface area contributed by atoms with Crippen molar-refractivity contribution < 1.29 is 4.79 Å². The van der Waals surface area contributed by atoms with Gasteiger partial charge in [-0.25, -0.2) is 0 Å². The van der Waals surface area contributed by atoms with Gasteiger partial charge >= 0.3 is 0 Å². The Hall–Kier alpha value is -1.45. The normalized spacial score (nSPS) is 17.1. The smallest absolute Gasteiger partial charge is 0.224 e. The molecule has 1 aliphatic rings. The zero-order valence-electron chi connectivity index (χ0n) is 11.5. The Labute approximate surface area is 133 Å². The predicted octanol–water partition coefficient (Wildman–Crippen LogP) is 4.24.